The summed E-state index contributed by atoms with van der Waals surface area (Å²) in [4.78, 5) is 35.7. The van der Waals surface area contributed by atoms with Gasteiger partial charge in [-0.2, -0.15) is 0 Å². The van der Waals surface area contributed by atoms with Crippen molar-refractivity contribution in [1.29, 1.82) is 0 Å². The molecule has 0 aromatic heterocycles. The zero-order chi connectivity index (χ0) is 16.3. The van der Waals surface area contributed by atoms with E-state index in [-0.39, 0.29) is 29.5 Å². The molecule has 1 fully saturated rings. The fourth-order valence-corrected chi connectivity index (χ4v) is 2.54. The zero-order valence-electron chi connectivity index (χ0n) is 12.2. The summed E-state index contributed by atoms with van der Waals surface area (Å²) in [6.45, 7) is 0.703. The molecule has 1 aliphatic heterocycles. The van der Waals surface area contributed by atoms with Crippen LogP contribution in [0, 0.1) is 16.0 Å². The van der Waals surface area contributed by atoms with Gasteiger partial charge in [0.05, 0.1) is 23.5 Å². The first-order valence-corrected chi connectivity index (χ1v) is 6.85. The Hall–Kier alpha value is -2.64. The largest absolute Gasteiger partial charge is 0.496 e. The molecular formula is C14H17N3O5. The van der Waals surface area contributed by atoms with E-state index < -0.39 is 16.7 Å². The Morgan fingerprint density at radius 2 is 2.18 bits per heavy atom. The van der Waals surface area contributed by atoms with Crippen LogP contribution in [0.2, 0.25) is 0 Å². The Bertz CT molecular complexity index is 616. The molecule has 1 saturated heterocycles. The first kappa shape index (κ1) is 15.7. The summed E-state index contributed by atoms with van der Waals surface area (Å²) in [6, 6.07) is 3.86. The van der Waals surface area contributed by atoms with Crippen molar-refractivity contribution in [3.8, 4) is 5.75 Å². The number of nitrogens with zero attached hydrogens (tertiary/aromatic N) is 2. The molecule has 2 amide bonds. The topological polar surface area (TPSA) is 116 Å². The number of primary amides is 1. The summed E-state index contributed by atoms with van der Waals surface area (Å²) >= 11 is 0. The van der Waals surface area contributed by atoms with Crippen LogP contribution in [0.3, 0.4) is 0 Å². The van der Waals surface area contributed by atoms with Crippen molar-refractivity contribution >= 4 is 17.5 Å². The lowest BCUT2D eigenvalue weighted by atomic mass is 9.96. The third kappa shape index (κ3) is 3.16. The van der Waals surface area contributed by atoms with E-state index in [0.717, 1.165) is 0 Å². The number of hydrogen-bond donors (Lipinski definition) is 1. The lowest BCUT2D eigenvalue weighted by Crippen LogP contribution is -2.44. The predicted octanol–water partition coefficient (Wildman–Crippen LogP) is 0.941. The first-order valence-electron chi connectivity index (χ1n) is 6.85. The molecule has 2 N–H and O–H groups in total. The van der Waals surface area contributed by atoms with Crippen molar-refractivity contribution < 1.29 is 19.2 Å². The number of likely N-dealkylation sites (tertiary alicyclic amines) is 1. The predicted molar refractivity (Wildman–Crippen MR) is 77.5 cm³/mol. The Morgan fingerprint density at radius 3 is 2.77 bits per heavy atom. The highest BCUT2D eigenvalue weighted by molar-refractivity contribution is 5.98. The Kier molecular flexibility index (Phi) is 4.59. The molecule has 0 bridgehead atoms. The van der Waals surface area contributed by atoms with Gasteiger partial charge in [-0.3, -0.25) is 19.7 Å². The van der Waals surface area contributed by atoms with Gasteiger partial charge in [-0.25, -0.2) is 0 Å². The number of benzene rings is 1. The van der Waals surface area contributed by atoms with E-state index >= 15 is 0 Å². The smallest absolute Gasteiger partial charge is 0.270 e. The van der Waals surface area contributed by atoms with Gasteiger partial charge in [0.15, 0.2) is 0 Å². The van der Waals surface area contributed by atoms with Crippen molar-refractivity contribution in [3.05, 3.63) is 33.9 Å². The molecule has 0 spiro atoms. The second-order valence-corrected chi connectivity index (χ2v) is 5.13. The van der Waals surface area contributed by atoms with Gasteiger partial charge in [0.2, 0.25) is 5.91 Å². The van der Waals surface area contributed by atoms with Crippen LogP contribution >= 0.6 is 0 Å². The minimum Gasteiger partial charge on any atom is -0.496 e. The van der Waals surface area contributed by atoms with E-state index in [1.165, 1.54) is 30.2 Å². The Morgan fingerprint density at radius 1 is 1.45 bits per heavy atom. The van der Waals surface area contributed by atoms with Crippen molar-refractivity contribution in [2.45, 2.75) is 12.8 Å². The average molecular weight is 307 g/mol. The van der Waals surface area contributed by atoms with Crippen LogP contribution in [0.25, 0.3) is 0 Å². The van der Waals surface area contributed by atoms with Crippen molar-refractivity contribution in [2.75, 3.05) is 20.2 Å². The van der Waals surface area contributed by atoms with Crippen molar-refractivity contribution in [1.82, 2.24) is 4.90 Å². The standard InChI is InChI=1S/C14H17N3O5/c1-22-12-5-4-10(17(20)21)7-11(12)14(19)16-6-2-3-9(8-16)13(15)18/h4-5,7,9H,2-3,6,8H2,1H3,(H2,15,18). The van der Waals surface area contributed by atoms with Crippen LogP contribution in [0.4, 0.5) is 5.69 Å². The minimum absolute atomic E-state index is 0.113. The Labute approximate surface area is 127 Å². The molecule has 22 heavy (non-hydrogen) atoms. The van der Waals surface area contributed by atoms with E-state index in [0.29, 0.717) is 19.4 Å². The van der Waals surface area contributed by atoms with Gasteiger partial charge in [0.1, 0.15) is 5.75 Å². The van der Waals surface area contributed by atoms with Gasteiger partial charge in [-0.05, 0) is 18.9 Å². The summed E-state index contributed by atoms with van der Waals surface area (Å²) in [5, 5.41) is 10.9. The maximum absolute atomic E-state index is 12.6. The third-order valence-electron chi connectivity index (χ3n) is 3.74. The van der Waals surface area contributed by atoms with Crippen LogP contribution in [-0.2, 0) is 4.79 Å². The fourth-order valence-electron chi connectivity index (χ4n) is 2.54. The van der Waals surface area contributed by atoms with Crippen molar-refractivity contribution in [3.63, 3.8) is 0 Å². The van der Waals surface area contributed by atoms with E-state index in [9.17, 15) is 19.7 Å². The maximum Gasteiger partial charge on any atom is 0.270 e. The summed E-state index contributed by atoms with van der Waals surface area (Å²) in [5.74, 6) is -0.964. The van der Waals surface area contributed by atoms with Gasteiger partial charge in [-0.1, -0.05) is 0 Å². The van der Waals surface area contributed by atoms with Gasteiger partial charge in [0, 0.05) is 25.2 Å². The van der Waals surface area contributed by atoms with E-state index in [2.05, 4.69) is 0 Å². The van der Waals surface area contributed by atoms with E-state index in [1.54, 1.807) is 0 Å². The number of methoxy groups -OCH3 is 1. The number of piperidine rings is 1. The molecule has 0 aliphatic carbocycles. The number of nitro groups is 1. The summed E-state index contributed by atoms with van der Waals surface area (Å²) in [6.07, 6.45) is 1.31. The number of nitro benzene ring substituents is 1. The van der Waals surface area contributed by atoms with E-state index in [4.69, 9.17) is 10.5 Å². The summed E-state index contributed by atoms with van der Waals surface area (Å²) in [7, 11) is 1.39. The summed E-state index contributed by atoms with van der Waals surface area (Å²) < 4.78 is 5.10. The molecule has 0 saturated carbocycles. The van der Waals surface area contributed by atoms with Crippen LogP contribution in [0.15, 0.2) is 18.2 Å². The van der Waals surface area contributed by atoms with Crippen LogP contribution in [0.1, 0.15) is 23.2 Å². The third-order valence-corrected chi connectivity index (χ3v) is 3.74. The normalized spacial score (nSPS) is 17.9. The molecule has 1 heterocycles. The maximum atomic E-state index is 12.6. The van der Waals surface area contributed by atoms with Gasteiger partial charge in [0.25, 0.3) is 11.6 Å². The zero-order valence-corrected chi connectivity index (χ0v) is 12.2. The number of carbonyl (C=O) groups excluding carboxylic acids is 2. The highest BCUT2D eigenvalue weighted by atomic mass is 16.6. The SMILES string of the molecule is COc1ccc([N+](=O)[O-])cc1C(=O)N1CCCC(C(N)=O)C1. The number of hydrogen-bond acceptors (Lipinski definition) is 5. The molecule has 1 unspecified atom stereocenters. The van der Waals surface area contributed by atoms with Gasteiger partial charge in [-0.15, -0.1) is 0 Å². The Balaban J connectivity index is 2.29. The lowest BCUT2D eigenvalue weighted by Gasteiger charge is -2.31. The van der Waals surface area contributed by atoms with Gasteiger partial charge >= 0.3 is 0 Å². The van der Waals surface area contributed by atoms with Crippen LogP contribution < -0.4 is 10.5 Å². The molecule has 8 heteroatoms. The number of amides is 2. The quantitative estimate of drug-likeness (QED) is 0.656. The second-order valence-electron chi connectivity index (χ2n) is 5.13. The van der Waals surface area contributed by atoms with Crippen molar-refractivity contribution in [2.24, 2.45) is 11.7 Å². The summed E-state index contributed by atoms with van der Waals surface area (Å²) in [5.41, 5.74) is 5.22. The van der Waals surface area contributed by atoms with Gasteiger partial charge < -0.3 is 15.4 Å². The lowest BCUT2D eigenvalue weighted by molar-refractivity contribution is -0.384. The molecule has 1 atom stereocenters. The molecule has 118 valence electrons. The van der Waals surface area contributed by atoms with E-state index in [1.807, 2.05) is 0 Å². The molecule has 0 radical (unpaired) electrons. The number of non-ortho nitro benzene ring substituents is 1. The van der Waals surface area contributed by atoms with Crippen LogP contribution in [0.5, 0.6) is 5.75 Å². The molecule has 2 rings (SSSR count). The number of rotatable bonds is 4. The molecule has 1 aromatic carbocycles. The fraction of sp³-hybridized carbons (Fsp3) is 0.429. The highest BCUT2D eigenvalue weighted by Crippen LogP contribution is 2.27. The molecule has 1 aliphatic rings. The minimum atomic E-state index is -0.571. The number of nitrogens with two attached hydrogens (primary N) is 1. The molecule has 8 nitrogen and oxygen atoms in total. The monoisotopic (exact) mass is 307 g/mol. The van der Waals surface area contributed by atoms with Crippen LogP contribution in [-0.4, -0.2) is 41.8 Å². The molecule has 1 aromatic rings. The number of carbonyl (C=O) groups is 2. The first-order chi connectivity index (χ1) is 10.4. The second kappa shape index (κ2) is 6.42. The molecular weight excluding hydrogens is 290 g/mol. The average Bonchev–Trinajstić information content (AvgIpc) is 2.53. The highest BCUT2D eigenvalue weighted by Gasteiger charge is 2.29. The number of ether oxygens (including phenoxy) is 1.